The number of rotatable bonds is 5. The number of aromatic nitrogens is 2. The van der Waals surface area contributed by atoms with Crippen molar-refractivity contribution >= 4 is 11.6 Å². The van der Waals surface area contributed by atoms with Gasteiger partial charge in [-0.05, 0) is 29.8 Å². The van der Waals surface area contributed by atoms with Gasteiger partial charge >= 0.3 is 0 Å². The summed E-state index contributed by atoms with van der Waals surface area (Å²) in [5.74, 6) is -0.302. The zero-order chi connectivity index (χ0) is 13.0. The normalized spacial score (nSPS) is 10.8. The Morgan fingerprint density at radius 3 is 2.89 bits per heavy atom. The molecule has 0 amide bonds. The zero-order valence-electron chi connectivity index (χ0n) is 10.2. The first-order valence-corrected chi connectivity index (χ1v) is 6.15. The summed E-state index contributed by atoms with van der Waals surface area (Å²) in [6.07, 6.45) is 2.77. The van der Waals surface area contributed by atoms with E-state index < -0.39 is 0 Å². The standard InChI is InChI=1S/C13H15ClFN3/c1-18-5-3-13(17-18)2-4-16-9-10-6-11(14)8-12(15)7-10/h3,5-8,16H,2,4,9H2,1H3. The van der Waals surface area contributed by atoms with E-state index >= 15 is 0 Å². The van der Waals surface area contributed by atoms with E-state index in [9.17, 15) is 4.39 Å². The average molecular weight is 268 g/mol. The monoisotopic (exact) mass is 267 g/mol. The van der Waals surface area contributed by atoms with Crippen molar-refractivity contribution in [2.75, 3.05) is 6.54 Å². The highest BCUT2D eigenvalue weighted by Crippen LogP contribution is 2.13. The smallest absolute Gasteiger partial charge is 0.125 e. The molecule has 0 fully saturated rings. The largest absolute Gasteiger partial charge is 0.312 e. The Morgan fingerprint density at radius 2 is 2.22 bits per heavy atom. The lowest BCUT2D eigenvalue weighted by Gasteiger charge is -2.04. The fraction of sp³-hybridized carbons (Fsp3) is 0.308. The van der Waals surface area contributed by atoms with Gasteiger partial charge in [-0.1, -0.05) is 11.6 Å². The third-order valence-electron chi connectivity index (χ3n) is 2.58. The van der Waals surface area contributed by atoms with Crippen LogP contribution >= 0.6 is 11.6 Å². The molecular weight excluding hydrogens is 253 g/mol. The SMILES string of the molecule is Cn1ccc(CCNCc2cc(F)cc(Cl)c2)n1. The predicted molar refractivity (Wildman–Crippen MR) is 70.0 cm³/mol. The second-order valence-electron chi connectivity index (χ2n) is 4.19. The quantitative estimate of drug-likeness (QED) is 0.844. The molecule has 1 N–H and O–H groups in total. The molecule has 0 radical (unpaired) electrons. The van der Waals surface area contributed by atoms with Gasteiger partial charge in [0.15, 0.2) is 0 Å². The van der Waals surface area contributed by atoms with Crippen LogP contribution in [-0.2, 0) is 20.0 Å². The van der Waals surface area contributed by atoms with Crippen LogP contribution < -0.4 is 5.32 Å². The number of benzene rings is 1. The van der Waals surface area contributed by atoms with E-state index in [4.69, 9.17) is 11.6 Å². The number of nitrogens with zero attached hydrogens (tertiary/aromatic N) is 2. The van der Waals surface area contributed by atoms with Crippen molar-refractivity contribution in [3.8, 4) is 0 Å². The van der Waals surface area contributed by atoms with Crippen LogP contribution in [0.4, 0.5) is 4.39 Å². The first kappa shape index (κ1) is 13.1. The van der Waals surface area contributed by atoms with Crippen LogP contribution in [0, 0.1) is 5.82 Å². The second-order valence-corrected chi connectivity index (χ2v) is 4.62. The van der Waals surface area contributed by atoms with E-state index in [2.05, 4.69) is 10.4 Å². The maximum Gasteiger partial charge on any atom is 0.125 e. The Balaban J connectivity index is 1.78. The molecule has 0 aliphatic carbocycles. The van der Waals surface area contributed by atoms with E-state index in [0.29, 0.717) is 11.6 Å². The predicted octanol–water partition coefficient (Wildman–Crippen LogP) is 2.54. The van der Waals surface area contributed by atoms with Crippen LogP contribution in [0.2, 0.25) is 5.02 Å². The molecule has 0 spiro atoms. The Morgan fingerprint density at radius 1 is 1.39 bits per heavy atom. The maximum absolute atomic E-state index is 13.1. The Kier molecular flexibility index (Phi) is 4.33. The first-order valence-electron chi connectivity index (χ1n) is 5.78. The van der Waals surface area contributed by atoms with Crippen molar-refractivity contribution < 1.29 is 4.39 Å². The highest BCUT2D eigenvalue weighted by molar-refractivity contribution is 6.30. The van der Waals surface area contributed by atoms with Crippen LogP contribution in [0.15, 0.2) is 30.5 Å². The number of nitrogens with one attached hydrogen (secondary N) is 1. The van der Waals surface area contributed by atoms with Gasteiger partial charge in [-0.15, -0.1) is 0 Å². The highest BCUT2D eigenvalue weighted by Gasteiger charge is 2.00. The Hall–Kier alpha value is -1.39. The molecule has 0 atom stereocenters. The van der Waals surface area contributed by atoms with Crippen molar-refractivity contribution in [2.24, 2.45) is 7.05 Å². The molecule has 2 aromatic rings. The minimum absolute atomic E-state index is 0.302. The minimum Gasteiger partial charge on any atom is -0.312 e. The van der Waals surface area contributed by atoms with Gasteiger partial charge in [-0.25, -0.2) is 4.39 Å². The lowest BCUT2D eigenvalue weighted by atomic mass is 10.2. The number of aryl methyl sites for hydroxylation is 1. The summed E-state index contributed by atoms with van der Waals surface area (Å²) in [4.78, 5) is 0. The summed E-state index contributed by atoms with van der Waals surface area (Å²) >= 11 is 5.78. The highest BCUT2D eigenvalue weighted by atomic mass is 35.5. The molecule has 0 aliphatic rings. The molecule has 0 saturated heterocycles. The van der Waals surface area contributed by atoms with Crippen LogP contribution in [0.5, 0.6) is 0 Å². The molecule has 96 valence electrons. The van der Waals surface area contributed by atoms with Gasteiger partial charge in [-0.3, -0.25) is 4.68 Å². The zero-order valence-corrected chi connectivity index (χ0v) is 10.9. The maximum atomic E-state index is 13.1. The Labute approximate surface area is 111 Å². The molecule has 0 unspecified atom stereocenters. The van der Waals surface area contributed by atoms with Crippen LogP contribution in [-0.4, -0.2) is 16.3 Å². The molecule has 2 rings (SSSR count). The molecule has 0 bridgehead atoms. The van der Waals surface area contributed by atoms with E-state index in [1.807, 2.05) is 19.3 Å². The molecule has 1 aromatic carbocycles. The molecule has 1 aromatic heterocycles. The first-order chi connectivity index (χ1) is 8.63. The number of hydrogen-bond donors (Lipinski definition) is 1. The van der Waals surface area contributed by atoms with Crippen LogP contribution in [0.25, 0.3) is 0 Å². The summed E-state index contributed by atoms with van der Waals surface area (Å²) in [7, 11) is 1.89. The van der Waals surface area contributed by atoms with Crippen molar-refractivity contribution in [3.05, 3.63) is 52.6 Å². The summed E-state index contributed by atoms with van der Waals surface area (Å²) in [6.45, 7) is 1.40. The molecule has 18 heavy (non-hydrogen) atoms. The van der Waals surface area contributed by atoms with Crippen LogP contribution in [0.1, 0.15) is 11.3 Å². The molecule has 0 aliphatic heterocycles. The van der Waals surface area contributed by atoms with Gasteiger partial charge in [0.25, 0.3) is 0 Å². The minimum atomic E-state index is -0.302. The van der Waals surface area contributed by atoms with E-state index in [1.165, 1.54) is 12.1 Å². The third kappa shape index (κ3) is 3.82. The van der Waals surface area contributed by atoms with Crippen molar-refractivity contribution in [1.29, 1.82) is 0 Å². The summed E-state index contributed by atoms with van der Waals surface area (Å²) in [5, 5.41) is 7.95. The lowest BCUT2D eigenvalue weighted by Crippen LogP contribution is -2.17. The summed E-state index contributed by atoms with van der Waals surface area (Å²) < 4.78 is 14.9. The fourth-order valence-corrected chi connectivity index (χ4v) is 2.00. The van der Waals surface area contributed by atoms with Gasteiger partial charge < -0.3 is 5.32 Å². The topological polar surface area (TPSA) is 29.9 Å². The fourth-order valence-electron chi connectivity index (χ4n) is 1.76. The molecule has 5 heteroatoms. The van der Waals surface area contributed by atoms with E-state index in [-0.39, 0.29) is 5.82 Å². The van der Waals surface area contributed by atoms with Gasteiger partial charge in [0.1, 0.15) is 5.82 Å². The summed E-state index contributed by atoms with van der Waals surface area (Å²) in [5.41, 5.74) is 1.89. The van der Waals surface area contributed by atoms with E-state index in [0.717, 1.165) is 24.2 Å². The average Bonchev–Trinajstić information content (AvgIpc) is 2.69. The summed E-state index contributed by atoms with van der Waals surface area (Å²) in [6, 6.07) is 6.54. The molecule has 3 nitrogen and oxygen atoms in total. The van der Waals surface area contributed by atoms with Crippen molar-refractivity contribution in [1.82, 2.24) is 15.1 Å². The van der Waals surface area contributed by atoms with Gasteiger partial charge in [0.2, 0.25) is 0 Å². The molecular formula is C13H15ClFN3. The number of hydrogen-bond acceptors (Lipinski definition) is 2. The van der Waals surface area contributed by atoms with Crippen molar-refractivity contribution in [3.63, 3.8) is 0 Å². The number of halogens is 2. The third-order valence-corrected chi connectivity index (χ3v) is 2.80. The van der Waals surface area contributed by atoms with Crippen LogP contribution in [0.3, 0.4) is 0 Å². The van der Waals surface area contributed by atoms with Gasteiger partial charge in [0, 0.05) is 37.8 Å². The molecule has 0 saturated carbocycles. The Bertz CT molecular complexity index is 504. The molecule has 1 heterocycles. The van der Waals surface area contributed by atoms with Crippen molar-refractivity contribution in [2.45, 2.75) is 13.0 Å². The van der Waals surface area contributed by atoms with E-state index in [1.54, 1.807) is 10.7 Å². The van der Waals surface area contributed by atoms with Gasteiger partial charge in [0.05, 0.1) is 5.69 Å². The lowest BCUT2D eigenvalue weighted by molar-refractivity contribution is 0.619. The van der Waals surface area contributed by atoms with Gasteiger partial charge in [-0.2, -0.15) is 5.10 Å². The second kappa shape index (κ2) is 5.98.